The average molecular weight is 213 g/mol. The summed E-state index contributed by atoms with van der Waals surface area (Å²) >= 11 is 0. The zero-order chi connectivity index (χ0) is 11.1. The van der Waals surface area contributed by atoms with Crippen LogP contribution in [0.1, 0.15) is 32.6 Å². The van der Waals surface area contributed by atoms with E-state index in [1.54, 1.807) is 7.11 Å². The highest BCUT2D eigenvalue weighted by Gasteiger charge is 2.34. The maximum absolute atomic E-state index is 11.2. The van der Waals surface area contributed by atoms with E-state index in [0.717, 1.165) is 39.1 Å². The molecule has 0 amide bonds. The first-order valence-corrected chi connectivity index (χ1v) is 5.94. The molecular formula is C12H23NO2. The Kier molecular flexibility index (Phi) is 5.26. The molecule has 0 saturated heterocycles. The standard InChI is InChI=1S/C12H23NO2/c1-3-13(8-9-15-2)10-12(11-14)6-4-5-7-12/h11H,3-10H2,1-2H3. The fourth-order valence-corrected chi connectivity index (χ4v) is 2.41. The lowest BCUT2D eigenvalue weighted by Crippen LogP contribution is -2.38. The number of hydrogen-bond acceptors (Lipinski definition) is 3. The van der Waals surface area contributed by atoms with Crippen LogP contribution in [-0.2, 0) is 9.53 Å². The minimum atomic E-state index is -0.0518. The van der Waals surface area contributed by atoms with Crippen LogP contribution in [0.2, 0.25) is 0 Å². The van der Waals surface area contributed by atoms with Crippen LogP contribution in [-0.4, -0.2) is 44.5 Å². The summed E-state index contributed by atoms with van der Waals surface area (Å²) in [7, 11) is 1.72. The second-order valence-corrected chi connectivity index (χ2v) is 4.55. The third kappa shape index (κ3) is 3.58. The summed E-state index contributed by atoms with van der Waals surface area (Å²) in [6.45, 7) is 5.74. The number of hydrogen-bond donors (Lipinski definition) is 0. The molecule has 0 radical (unpaired) electrons. The maximum Gasteiger partial charge on any atom is 0.127 e. The zero-order valence-corrected chi connectivity index (χ0v) is 10.00. The number of aldehydes is 1. The molecule has 0 spiro atoms. The number of carbonyl (C=O) groups is 1. The molecule has 0 heterocycles. The van der Waals surface area contributed by atoms with Crippen molar-refractivity contribution in [1.29, 1.82) is 0 Å². The van der Waals surface area contributed by atoms with Crippen molar-refractivity contribution in [1.82, 2.24) is 4.90 Å². The SMILES string of the molecule is CCN(CCOC)CC1(C=O)CCCC1. The van der Waals surface area contributed by atoms with E-state index in [-0.39, 0.29) is 5.41 Å². The Bertz CT molecular complexity index is 188. The van der Waals surface area contributed by atoms with E-state index in [2.05, 4.69) is 11.8 Å². The lowest BCUT2D eigenvalue weighted by atomic mass is 9.87. The maximum atomic E-state index is 11.2. The monoisotopic (exact) mass is 213 g/mol. The first kappa shape index (κ1) is 12.7. The van der Waals surface area contributed by atoms with Gasteiger partial charge in [0.15, 0.2) is 0 Å². The van der Waals surface area contributed by atoms with Gasteiger partial charge in [-0.1, -0.05) is 19.8 Å². The summed E-state index contributed by atoms with van der Waals surface area (Å²) < 4.78 is 5.08. The number of carbonyl (C=O) groups excluding carboxylic acids is 1. The first-order chi connectivity index (χ1) is 7.26. The van der Waals surface area contributed by atoms with Gasteiger partial charge in [0.2, 0.25) is 0 Å². The van der Waals surface area contributed by atoms with Gasteiger partial charge in [0.05, 0.1) is 6.61 Å². The third-order valence-electron chi connectivity index (χ3n) is 3.45. The van der Waals surface area contributed by atoms with Crippen molar-refractivity contribution in [3.8, 4) is 0 Å². The number of methoxy groups -OCH3 is 1. The predicted octanol–water partition coefficient (Wildman–Crippen LogP) is 1.71. The van der Waals surface area contributed by atoms with Gasteiger partial charge in [-0.25, -0.2) is 0 Å². The molecule has 1 rings (SSSR count). The summed E-state index contributed by atoms with van der Waals surface area (Å²) in [5, 5.41) is 0. The highest BCUT2D eigenvalue weighted by atomic mass is 16.5. The van der Waals surface area contributed by atoms with Gasteiger partial charge in [0, 0.05) is 25.6 Å². The van der Waals surface area contributed by atoms with E-state index in [4.69, 9.17) is 4.74 Å². The van der Waals surface area contributed by atoms with Crippen molar-refractivity contribution < 1.29 is 9.53 Å². The van der Waals surface area contributed by atoms with Gasteiger partial charge in [-0.2, -0.15) is 0 Å². The van der Waals surface area contributed by atoms with Crippen LogP contribution in [0.15, 0.2) is 0 Å². The van der Waals surface area contributed by atoms with Crippen LogP contribution in [0.3, 0.4) is 0 Å². The van der Waals surface area contributed by atoms with E-state index in [1.807, 2.05) is 0 Å². The number of rotatable bonds is 7. The topological polar surface area (TPSA) is 29.5 Å². The smallest absolute Gasteiger partial charge is 0.127 e. The van der Waals surface area contributed by atoms with Crippen LogP contribution < -0.4 is 0 Å². The molecule has 1 aliphatic carbocycles. The molecule has 0 bridgehead atoms. The van der Waals surface area contributed by atoms with E-state index < -0.39 is 0 Å². The Morgan fingerprint density at radius 1 is 1.40 bits per heavy atom. The van der Waals surface area contributed by atoms with Crippen LogP contribution in [0, 0.1) is 5.41 Å². The Morgan fingerprint density at radius 3 is 2.53 bits per heavy atom. The van der Waals surface area contributed by atoms with Crippen LogP contribution in [0.4, 0.5) is 0 Å². The Balaban J connectivity index is 2.44. The molecule has 0 aromatic carbocycles. The minimum absolute atomic E-state index is 0.0518. The Hall–Kier alpha value is -0.410. The van der Waals surface area contributed by atoms with Gasteiger partial charge in [0.25, 0.3) is 0 Å². The summed E-state index contributed by atoms with van der Waals surface area (Å²) in [4.78, 5) is 13.5. The highest BCUT2D eigenvalue weighted by molar-refractivity contribution is 5.60. The molecule has 88 valence electrons. The van der Waals surface area contributed by atoms with Crippen molar-refractivity contribution in [2.24, 2.45) is 5.41 Å². The van der Waals surface area contributed by atoms with Crippen molar-refractivity contribution in [3.05, 3.63) is 0 Å². The van der Waals surface area contributed by atoms with Crippen LogP contribution >= 0.6 is 0 Å². The van der Waals surface area contributed by atoms with Crippen molar-refractivity contribution >= 4 is 6.29 Å². The van der Waals surface area contributed by atoms with Gasteiger partial charge in [-0.05, 0) is 19.4 Å². The largest absolute Gasteiger partial charge is 0.383 e. The third-order valence-corrected chi connectivity index (χ3v) is 3.45. The molecule has 15 heavy (non-hydrogen) atoms. The van der Waals surface area contributed by atoms with Crippen LogP contribution in [0.25, 0.3) is 0 Å². The molecule has 1 aliphatic rings. The first-order valence-electron chi connectivity index (χ1n) is 5.94. The molecule has 3 heteroatoms. The Labute approximate surface area is 92.8 Å². The van der Waals surface area contributed by atoms with E-state index >= 15 is 0 Å². The molecule has 0 aliphatic heterocycles. The van der Waals surface area contributed by atoms with Crippen molar-refractivity contribution in [3.63, 3.8) is 0 Å². The summed E-state index contributed by atoms with van der Waals surface area (Å²) in [5.41, 5.74) is -0.0518. The average Bonchev–Trinajstić information content (AvgIpc) is 2.73. The second kappa shape index (κ2) is 6.23. The lowest BCUT2D eigenvalue weighted by molar-refractivity contribution is -0.117. The molecule has 0 aromatic rings. The second-order valence-electron chi connectivity index (χ2n) is 4.55. The molecule has 1 fully saturated rings. The summed E-state index contributed by atoms with van der Waals surface area (Å²) in [5.74, 6) is 0. The fraction of sp³-hybridized carbons (Fsp3) is 0.917. The van der Waals surface area contributed by atoms with Gasteiger partial charge in [0.1, 0.15) is 6.29 Å². The molecule has 0 aromatic heterocycles. The normalized spacial score (nSPS) is 19.7. The number of nitrogens with zero attached hydrogens (tertiary/aromatic N) is 1. The Morgan fingerprint density at radius 2 is 2.07 bits per heavy atom. The molecule has 3 nitrogen and oxygen atoms in total. The van der Waals surface area contributed by atoms with Crippen LogP contribution in [0.5, 0.6) is 0 Å². The number of ether oxygens (including phenoxy) is 1. The zero-order valence-electron chi connectivity index (χ0n) is 10.00. The van der Waals surface area contributed by atoms with Gasteiger partial charge in [-0.15, -0.1) is 0 Å². The quantitative estimate of drug-likeness (QED) is 0.603. The minimum Gasteiger partial charge on any atom is -0.383 e. The van der Waals surface area contributed by atoms with Crippen molar-refractivity contribution in [2.75, 3.05) is 33.4 Å². The molecule has 0 atom stereocenters. The summed E-state index contributed by atoms with van der Waals surface area (Å²) in [6.07, 6.45) is 5.75. The predicted molar refractivity (Wildman–Crippen MR) is 61.0 cm³/mol. The molecular weight excluding hydrogens is 190 g/mol. The molecule has 0 unspecified atom stereocenters. The van der Waals surface area contributed by atoms with Gasteiger partial charge >= 0.3 is 0 Å². The molecule has 0 N–H and O–H groups in total. The van der Waals surface area contributed by atoms with Gasteiger partial charge in [-0.3, -0.25) is 0 Å². The number of likely N-dealkylation sites (N-methyl/N-ethyl adjacent to an activating group) is 1. The van der Waals surface area contributed by atoms with E-state index in [9.17, 15) is 4.79 Å². The van der Waals surface area contributed by atoms with E-state index in [0.29, 0.717) is 0 Å². The fourth-order valence-electron chi connectivity index (χ4n) is 2.41. The van der Waals surface area contributed by atoms with Gasteiger partial charge < -0.3 is 14.4 Å². The molecule has 1 saturated carbocycles. The lowest BCUT2D eigenvalue weighted by Gasteiger charge is -2.30. The highest BCUT2D eigenvalue weighted by Crippen LogP contribution is 2.36. The van der Waals surface area contributed by atoms with E-state index in [1.165, 1.54) is 19.1 Å². The van der Waals surface area contributed by atoms with Crippen molar-refractivity contribution in [2.45, 2.75) is 32.6 Å². The summed E-state index contributed by atoms with van der Waals surface area (Å²) in [6, 6.07) is 0.